The summed E-state index contributed by atoms with van der Waals surface area (Å²) in [7, 11) is 0. The van der Waals surface area contributed by atoms with Crippen LogP contribution < -0.4 is 0 Å². The molecule has 1 heterocycles. The molecule has 1 saturated carbocycles. The van der Waals surface area contributed by atoms with E-state index in [-0.39, 0.29) is 18.4 Å². The average molecular weight is 253 g/mol. The summed E-state index contributed by atoms with van der Waals surface area (Å²) in [4.78, 5) is 26.4. The van der Waals surface area contributed by atoms with Crippen LogP contribution >= 0.6 is 0 Å². The molecule has 2 amide bonds. The van der Waals surface area contributed by atoms with Crippen LogP contribution in [0.15, 0.2) is 0 Å². The van der Waals surface area contributed by atoms with Gasteiger partial charge in [0.2, 0.25) is 11.8 Å². The fourth-order valence-corrected chi connectivity index (χ4v) is 3.47. The lowest BCUT2D eigenvalue weighted by Crippen LogP contribution is -2.51. The molecule has 1 unspecified atom stereocenters. The molecule has 102 valence electrons. The van der Waals surface area contributed by atoms with Gasteiger partial charge in [0.1, 0.15) is 0 Å². The number of aliphatic hydroxyl groups is 1. The SMILES string of the molecule is CCC(C)(CCO)N1C(=O)CC2(CCCC2)C1=O. The first-order valence-electron chi connectivity index (χ1n) is 6.97. The van der Waals surface area contributed by atoms with Gasteiger partial charge in [-0.3, -0.25) is 14.5 Å². The second kappa shape index (κ2) is 4.65. The minimum absolute atomic E-state index is 0.00833. The maximum absolute atomic E-state index is 12.6. The number of carbonyl (C=O) groups excluding carboxylic acids is 2. The first-order chi connectivity index (χ1) is 8.49. The van der Waals surface area contributed by atoms with Gasteiger partial charge in [-0.1, -0.05) is 19.8 Å². The van der Waals surface area contributed by atoms with Crippen molar-refractivity contribution in [2.75, 3.05) is 6.61 Å². The summed E-state index contributed by atoms with van der Waals surface area (Å²) in [6.07, 6.45) is 5.36. The lowest BCUT2D eigenvalue weighted by Gasteiger charge is -2.37. The summed E-state index contributed by atoms with van der Waals surface area (Å²) < 4.78 is 0. The molecular formula is C14H23NO3. The highest BCUT2D eigenvalue weighted by atomic mass is 16.3. The smallest absolute Gasteiger partial charge is 0.236 e. The van der Waals surface area contributed by atoms with Crippen LogP contribution in [-0.2, 0) is 9.59 Å². The Bertz CT molecular complexity index is 360. The fourth-order valence-electron chi connectivity index (χ4n) is 3.47. The molecule has 1 aliphatic carbocycles. The largest absolute Gasteiger partial charge is 0.396 e. The van der Waals surface area contributed by atoms with Crippen LogP contribution in [0.25, 0.3) is 0 Å². The quantitative estimate of drug-likeness (QED) is 0.778. The van der Waals surface area contributed by atoms with Gasteiger partial charge < -0.3 is 5.11 Å². The Morgan fingerprint density at radius 3 is 2.44 bits per heavy atom. The third-order valence-electron chi connectivity index (χ3n) is 4.91. The van der Waals surface area contributed by atoms with Gasteiger partial charge in [-0.15, -0.1) is 0 Å². The zero-order valence-corrected chi connectivity index (χ0v) is 11.4. The third kappa shape index (κ3) is 1.87. The van der Waals surface area contributed by atoms with E-state index in [9.17, 15) is 14.7 Å². The summed E-state index contributed by atoms with van der Waals surface area (Å²) in [5.41, 5.74) is -0.919. The third-order valence-corrected chi connectivity index (χ3v) is 4.91. The van der Waals surface area contributed by atoms with Gasteiger partial charge in [-0.05, 0) is 32.6 Å². The van der Waals surface area contributed by atoms with Crippen LogP contribution in [0, 0.1) is 5.41 Å². The van der Waals surface area contributed by atoms with Crippen LogP contribution in [0.3, 0.4) is 0 Å². The Labute approximate surface area is 108 Å². The van der Waals surface area contributed by atoms with Gasteiger partial charge in [0.15, 0.2) is 0 Å². The van der Waals surface area contributed by atoms with Crippen LogP contribution in [0.5, 0.6) is 0 Å². The number of likely N-dealkylation sites (tertiary alicyclic amines) is 1. The number of hydrogen-bond donors (Lipinski definition) is 1. The summed E-state index contributed by atoms with van der Waals surface area (Å²) >= 11 is 0. The molecule has 0 aromatic carbocycles. The molecular weight excluding hydrogens is 230 g/mol. The van der Waals surface area contributed by atoms with Crippen molar-refractivity contribution < 1.29 is 14.7 Å². The van der Waals surface area contributed by atoms with E-state index in [1.165, 1.54) is 4.90 Å². The Morgan fingerprint density at radius 1 is 1.33 bits per heavy atom. The molecule has 1 aliphatic heterocycles. The number of amides is 2. The molecule has 2 fully saturated rings. The number of hydrogen-bond acceptors (Lipinski definition) is 3. The minimum Gasteiger partial charge on any atom is -0.396 e. The van der Waals surface area contributed by atoms with E-state index in [2.05, 4.69) is 0 Å². The van der Waals surface area contributed by atoms with Crippen LogP contribution in [0.1, 0.15) is 58.8 Å². The van der Waals surface area contributed by atoms with Gasteiger partial charge in [0.25, 0.3) is 0 Å². The zero-order valence-electron chi connectivity index (χ0n) is 11.4. The van der Waals surface area contributed by atoms with Crippen molar-refractivity contribution in [1.29, 1.82) is 0 Å². The summed E-state index contributed by atoms with van der Waals surface area (Å²) in [5, 5.41) is 9.17. The topological polar surface area (TPSA) is 57.6 Å². The number of aliphatic hydroxyl groups excluding tert-OH is 1. The van der Waals surface area contributed by atoms with Crippen molar-refractivity contribution in [3.63, 3.8) is 0 Å². The van der Waals surface area contributed by atoms with Gasteiger partial charge in [-0.2, -0.15) is 0 Å². The minimum atomic E-state index is -0.519. The highest BCUT2D eigenvalue weighted by molar-refractivity contribution is 6.06. The van der Waals surface area contributed by atoms with Gasteiger partial charge in [0, 0.05) is 18.6 Å². The normalized spacial score (nSPS) is 26.1. The van der Waals surface area contributed by atoms with Crippen molar-refractivity contribution in [3.05, 3.63) is 0 Å². The first-order valence-corrected chi connectivity index (χ1v) is 6.97. The molecule has 4 nitrogen and oxygen atoms in total. The highest BCUT2D eigenvalue weighted by Crippen LogP contribution is 2.49. The molecule has 0 radical (unpaired) electrons. The molecule has 0 bridgehead atoms. The molecule has 18 heavy (non-hydrogen) atoms. The Hall–Kier alpha value is -0.900. The van der Waals surface area contributed by atoms with E-state index in [4.69, 9.17) is 0 Å². The van der Waals surface area contributed by atoms with E-state index in [1.807, 2.05) is 13.8 Å². The first kappa shape index (κ1) is 13.5. The number of nitrogens with zero attached hydrogens (tertiary/aromatic N) is 1. The summed E-state index contributed by atoms with van der Waals surface area (Å²) in [6, 6.07) is 0. The van der Waals surface area contributed by atoms with Crippen molar-refractivity contribution in [3.8, 4) is 0 Å². The molecule has 2 rings (SSSR count). The zero-order chi connectivity index (χ0) is 13.4. The fraction of sp³-hybridized carbons (Fsp3) is 0.857. The predicted molar refractivity (Wildman–Crippen MR) is 67.8 cm³/mol. The van der Waals surface area contributed by atoms with Gasteiger partial charge in [0.05, 0.1) is 5.41 Å². The molecule has 1 N–H and O–H groups in total. The molecule has 2 aliphatic rings. The average Bonchev–Trinajstić information content (AvgIpc) is 2.87. The van der Waals surface area contributed by atoms with Crippen molar-refractivity contribution in [2.24, 2.45) is 5.41 Å². The summed E-state index contributed by atoms with van der Waals surface area (Å²) in [5.74, 6) is -0.0255. The molecule has 1 saturated heterocycles. The monoisotopic (exact) mass is 253 g/mol. The Balaban J connectivity index is 2.28. The van der Waals surface area contributed by atoms with E-state index in [0.717, 1.165) is 25.7 Å². The molecule has 0 aromatic heterocycles. The number of carbonyl (C=O) groups is 2. The second-order valence-corrected chi connectivity index (χ2v) is 6.02. The van der Waals surface area contributed by atoms with E-state index < -0.39 is 11.0 Å². The van der Waals surface area contributed by atoms with Crippen molar-refractivity contribution >= 4 is 11.8 Å². The van der Waals surface area contributed by atoms with E-state index in [0.29, 0.717) is 19.3 Å². The lowest BCUT2D eigenvalue weighted by molar-refractivity contribution is -0.148. The standard InChI is InChI=1S/C14H23NO3/c1-3-13(2,8-9-16)15-11(17)10-14(12(15)18)6-4-5-7-14/h16H,3-10H2,1-2H3. The molecule has 1 spiro atoms. The lowest BCUT2D eigenvalue weighted by atomic mass is 9.84. The maximum Gasteiger partial charge on any atom is 0.236 e. The number of rotatable bonds is 4. The maximum atomic E-state index is 12.6. The Morgan fingerprint density at radius 2 is 1.94 bits per heavy atom. The van der Waals surface area contributed by atoms with Crippen LogP contribution in [0.4, 0.5) is 0 Å². The highest BCUT2D eigenvalue weighted by Gasteiger charge is 2.56. The van der Waals surface area contributed by atoms with Crippen LogP contribution in [0.2, 0.25) is 0 Å². The van der Waals surface area contributed by atoms with E-state index in [1.54, 1.807) is 0 Å². The number of imide groups is 1. The predicted octanol–water partition coefficient (Wildman–Crippen LogP) is 1.86. The van der Waals surface area contributed by atoms with Gasteiger partial charge in [-0.25, -0.2) is 0 Å². The molecule has 1 atom stereocenters. The second-order valence-electron chi connectivity index (χ2n) is 6.02. The van der Waals surface area contributed by atoms with E-state index >= 15 is 0 Å². The summed E-state index contributed by atoms with van der Waals surface area (Å²) in [6.45, 7) is 3.89. The molecule has 0 aromatic rings. The molecule has 4 heteroatoms. The Kier molecular flexibility index (Phi) is 3.49. The van der Waals surface area contributed by atoms with Crippen molar-refractivity contribution in [2.45, 2.75) is 64.3 Å². The van der Waals surface area contributed by atoms with Crippen LogP contribution in [-0.4, -0.2) is 34.0 Å². The van der Waals surface area contributed by atoms with Gasteiger partial charge >= 0.3 is 0 Å². The van der Waals surface area contributed by atoms with Crippen molar-refractivity contribution in [1.82, 2.24) is 4.90 Å².